The van der Waals surface area contributed by atoms with Crippen molar-refractivity contribution >= 4 is 40.1 Å². The maximum absolute atomic E-state index is 5.52. The number of piperazine rings is 1. The molecule has 1 N–H and O–H groups in total. The molecule has 4 rings (SSSR count). The molecule has 3 aromatic rings. The van der Waals surface area contributed by atoms with E-state index in [1.165, 1.54) is 22.6 Å². The Bertz CT molecular complexity index is 944. The highest BCUT2D eigenvalue weighted by Gasteiger charge is 2.18. The van der Waals surface area contributed by atoms with E-state index in [2.05, 4.69) is 56.4 Å². The minimum absolute atomic E-state index is 0.731. The van der Waals surface area contributed by atoms with Crippen LogP contribution in [0.3, 0.4) is 0 Å². The number of aromatic nitrogens is 3. The van der Waals surface area contributed by atoms with Gasteiger partial charge in [-0.15, -0.1) is 5.10 Å². The molecule has 0 saturated carbocycles. The number of nitrogens with zero attached hydrogens (tertiary/aromatic N) is 5. The van der Waals surface area contributed by atoms with Gasteiger partial charge in [0.1, 0.15) is 0 Å². The van der Waals surface area contributed by atoms with E-state index in [0.717, 1.165) is 47.6 Å². The average Bonchev–Trinajstić information content (AvgIpc) is 3.02. The van der Waals surface area contributed by atoms with Crippen LogP contribution in [-0.4, -0.2) is 45.8 Å². The van der Waals surface area contributed by atoms with Crippen molar-refractivity contribution in [3.63, 3.8) is 0 Å². The molecule has 140 valence electrons. The Morgan fingerprint density at radius 1 is 1.11 bits per heavy atom. The van der Waals surface area contributed by atoms with Crippen LogP contribution in [0.1, 0.15) is 5.56 Å². The van der Waals surface area contributed by atoms with Crippen LogP contribution < -0.4 is 10.2 Å². The van der Waals surface area contributed by atoms with Gasteiger partial charge in [0.25, 0.3) is 0 Å². The van der Waals surface area contributed by atoms with E-state index < -0.39 is 0 Å². The summed E-state index contributed by atoms with van der Waals surface area (Å²) in [5, 5.41) is 8.86. The molecule has 1 aliphatic heterocycles. The Kier molecular flexibility index (Phi) is 5.47. The highest BCUT2D eigenvalue weighted by atomic mass is 32.1. The summed E-state index contributed by atoms with van der Waals surface area (Å²) in [5.74, 6) is 0. The summed E-state index contributed by atoms with van der Waals surface area (Å²) < 4.78 is 2.71. The van der Waals surface area contributed by atoms with Gasteiger partial charge >= 0.3 is 0 Å². The first-order valence-corrected chi connectivity index (χ1v) is 10.2. The third kappa shape index (κ3) is 4.52. The van der Waals surface area contributed by atoms with Gasteiger partial charge in [-0.05, 0) is 49.0 Å². The summed E-state index contributed by atoms with van der Waals surface area (Å²) in [5.41, 5.74) is 3.49. The summed E-state index contributed by atoms with van der Waals surface area (Å²) in [6.07, 6.45) is 3.69. The monoisotopic (exact) mass is 398 g/mol. The number of hydrogen-bond donors (Lipinski definition) is 1. The van der Waals surface area contributed by atoms with Crippen LogP contribution in [0, 0.1) is 10.9 Å². The predicted octanol–water partition coefficient (Wildman–Crippen LogP) is 3.90. The fraction of sp³-hybridized carbons (Fsp3) is 0.316. The van der Waals surface area contributed by atoms with Crippen LogP contribution in [0.5, 0.6) is 0 Å². The largest absolute Gasteiger partial charge is 0.369 e. The lowest BCUT2D eigenvalue weighted by molar-refractivity contribution is 0.195. The number of anilines is 3. The van der Waals surface area contributed by atoms with E-state index >= 15 is 0 Å². The van der Waals surface area contributed by atoms with Crippen molar-refractivity contribution < 1.29 is 0 Å². The first-order valence-electron chi connectivity index (χ1n) is 8.96. The highest BCUT2D eigenvalue weighted by molar-refractivity contribution is 7.73. The summed E-state index contributed by atoms with van der Waals surface area (Å²) in [6.45, 7) is 6.78. The van der Waals surface area contributed by atoms with Crippen molar-refractivity contribution in [3.05, 3.63) is 58.3 Å². The maximum atomic E-state index is 5.52. The number of rotatable bonds is 5. The molecule has 0 amide bonds. The number of pyridine rings is 1. The third-order valence-electron chi connectivity index (χ3n) is 4.61. The minimum Gasteiger partial charge on any atom is -0.369 e. The number of benzene rings is 1. The number of nitrogens with one attached hydrogen (secondary N) is 1. The molecule has 1 saturated heterocycles. The second kappa shape index (κ2) is 8.16. The van der Waals surface area contributed by atoms with E-state index in [1.54, 1.807) is 0 Å². The number of aryl methyl sites for hydroxylation is 1. The zero-order valence-electron chi connectivity index (χ0n) is 15.2. The van der Waals surface area contributed by atoms with E-state index in [9.17, 15) is 0 Å². The van der Waals surface area contributed by atoms with E-state index in [0.29, 0.717) is 0 Å². The molecule has 0 bridgehead atoms. The Morgan fingerprint density at radius 3 is 2.63 bits per heavy atom. The molecule has 0 atom stereocenters. The summed E-state index contributed by atoms with van der Waals surface area (Å²) in [7, 11) is 0. The lowest BCUT2D eigenvalue weighted by atomic mass is 10.2. The Labute approximate surface area is 168 Å². The van der Waals surface area contributed by atoms with Crippen LogP contribution in [-0.2, 0) is 6.67 Å². The summed E-state index contributed by atoms with van der Waals surface area (Å²) in [6, 6.07) is 12.4. The molecule has 0 spiro atoms. The van der Waals surface area contributed by atoms with Crippen LogP contribution >= 0.6 is 23.6 Å². The fourth-order valence-corrected chi connectivity index (χ4v) is 4.20. The zero-order valence-corrected chi connectivity index (χ0v) is 16.8. The predicted molar refractivity (Wildman–Crippen MR) is 113 cm³/mol. The lowest BCUT2D eigenvalue weighted by Crippen LogP contribution is -2.46. The molecule has 8 heteroatoms. The molecule has 27 heavy (non-hydrogen) atoms. The minimum atomic E-state index is 0.731. The van der Waals surface area contributed by atoms with E-state index in [4.69, 9.17) is 12.2 Å². The van der Waals surface area contributed by atoms with Crippen molar-refractivity contribution in [2.45, 2.75) is 13.6 Å². The Morgan fingerprint density at radius 2 is 1.89 bits per heavy atom. The van der Waals surface area contributed by atoms with Gasteiger partial charge in [-0.2, -0.15) is 0 Å². The topological polar surface area (TPSA) is 49.2 Å². The molecule has 1 aliphatic rings. The van der Waals surface area contributed by atoms with Gasteiger partial charge in [0.2, 0.25) is 5.13 Å². The van der Waals surface area contributed by atoms with Gasteiger partial charge in [-0.25, -0.2) is 4.68 Å². The van der Waals surface area contributed by atoms with E-state index in [1.807, 2.05) is 29.2 Å². The van der Waals surface area contributed by atoms with Gasteiger partial charge in [-0.1, -0.05) is 23.5 Å². The van der Waals surface area contributed by atoms with E-state index in [-0.39, 0.29) is 0 Å². The molecule has 3 heterocycles. The van der Waals surface area contributed by atoms with Crippen molar-refractivity contribution in [1.29, 1.82) is 0 Å². The molecule has 1 aromatic carbocycles. The second-order valence-corrected chi connectivity index (χ2v) is 8.24. The van der Waals surface area contributed by atoms with Crippen molar-refractivity contribution in [2.24, 2.45) is 0 Å². The zero-order chi connectivity index (χ0) is 18.6. The maximum Gasteiger partial charge on any atom is 0.209 e. The smallest absolute Gasteiger partial charge is 0.209 e. The molecular weight excluding hydrogens is 376 g/mol. The standard InChI is InChI=1S/C19H22N6S2/c1-15-3-2-4-16(13-15)21-18-22-25(19(26)27-18)14-23-9-11-24(12-10-23)17-5-7-20-8-6-17/h2-8,13H,9-12,14H2,1H3,(H,21,22). The molecular formula is C19H22N6S2. The molecule has 0 aliphatic carbocycles. The van der Waals surface area contributed by atoms with Crippen molar-refractivity contribution in [2.75, 3.05) is 36.4 Å². The van der Waals surface area contributed by atoms with Crippen LogP contribution in [0.2, 0.25) is 0 Å². The summed E-state index contributed by atoms with van der Waals surface area (Å²) in [4.78, 5) is 8.88. The van der Waals surface area contributed by atoms with Crippen molar-refractivity contribution in [3.8, 4) is 0 Å². The van der Waals surface area contributed by atoms with Gasteiger partial charge in [0.15, 0.2) is 3.95 Å². The third-order valence-corrected chi connectivity index (χ3v) is 5.83. The first kappa shape index (κ1) is 18.1. The molecule has 2 aromatic heterocycles. The van der Waals surface area contributed by atoms with Crippen LogP contribution in [0.15, 0.2) is 48.8 Å². The van der Waals surface area contributed by atoms with Crippen LogP contribution in [0.25, 0.3) is 0 Å². The van der Waals surface area contributed by atoms with Crippen LogP contribution in [0.4, 0.5) is 16.5 Å². The highest BCUT2D eigenvalue weighted by Crippen LogP contribution is 2.22. The molecule has 6 nitrogen and oxygen atoms in total. The fourth-order valence-electron chi connectivity index (χ4n) is 3.18. The lowest BCUT2D eigenvalue weighted by Gasteiger charge is -2.35. The average molecular weight is 399 g/mol. The normalized spacial score (nSPS) is 15.1. The first-order chi connectivity index (χ1) is 13.2. The molecule has 1 fully saturated rings. The second-order valence-electron chi connectivity index (χ2n) is 6.62. The van der Waals surface area contributed by atoms with Gasteiger partial charge in [0, 0.05) is 49.9 Å². The van der Waals surface area contributed by atoms with Gasteiger partial charge in [-0.3, -0.25) is 9.88 Å². The Balaban J connectivity index is 1.36. The van der Waals surface area contributed by atoms with Crippen molar-refractivity contribution in [1.82, 2.24) is 19.7 Å². The quantitative estimate of drug-likeness (QED) is 0.658. The number of hydrogen-bond acceptors (Lipinski definition) is 7. The molecule has 0 radical (unpaired) electrons. The SMILES string of the molecule is Cc1cccc(Nc2nn(CN3CCN(c4ccncc4)CC3)c(=S)s2)c1. The summed E-state index contributed by atoms with van der Waals surface area (Å²) >= 11 is 7.03. The Hall–Kier alpha value is -2.29. The van der Waals surface area contributed by atoms with Gasteiger partial charge < -0.3 is 10.2 Å². The molecule has 0 unspecified atom stereocenters. The van der Waals surface area contributed by atoms with Gasteiger partial charge in [0.05, 0.1) is 6.67 Å².